The summed E-state index contributed by atoms with van der Waals surface area (Å²) in [6.45, 7) is 2.21. The summed E-state index contributed by atoms with van der Waals surface area (Å²) in [6.07, 6.45) is 5.92. The van der Waals surface area contributed by atoms with Gasteiger partial charge in [-0.2, -0.15) is 0 Å². The van der Waals surface area contributed by atoms with Gasteiger partial charge in [0.15, 0.2) is 5.01 Å². The molecule has 0 fully saturated rings. The van der Waals surface area contributed by atoms with Gasteiger partial charge in [0.05, 0.1) is 5.69 Å². The Morgan fingerprint density at radius 3 is 2.68 bits per heavy atom. The SMILES string of the molecule is CCCCCCc1csc(C(=O)c2ccccc2)n1. The number of unbranched alkanes of at least 4 members (excludes halogenated alkanes) is 3. The highest BCUT2D eigenvalue weighted by Gasteiger charge is 2.12. The summed E-state index contributed by atoms with van der Waals surface area (Å²) in [5.74, 6) is 0.0328. The standard InChI is InChI=1S/C16H19NOS/c1-2-3-4-8-11-14-12-19-16(17-14)15(18)13-9-6-5-7-10-13/h5-7,9-10,12H,2-4,8,11H2,1H3. The summed E-state index contributed by atoms with van der Waals surface area (Å²) in [7, 11) is 0. The van der Waals surface area contributed by atoms with Crippen LogP contribution in [-0.2, 0) is 6.42 Å². The number of aromatic nitrogens is 1. The Balaban J connectivity index is 1.95. The van der Waals surface area contributed by atoms with Crippen molar-refractivity contribution in [2.75, 3.05) is 0 Å². The van der Waals surface area contributed by atoms with Gasteiger partial charge in [0.1, 0.15) is 0 Å². The van der Waals surface area contributed by atoms with Crippen LogP contribution >= 0.6 is 11.3 Å². The lowest BCUT2D eigenvalue weighted by molar-refractivity contribution is 0.103. The van der Waals surface area contributed by atoms with E-state index in [1.165, 1.54) is 30.6 Å². The van der Waals surface area contributed by atoms with Crippen LogP contribution in [0.15, 0.2) is 35.7 Å². The molecule has 2 aromatic rings. The van der Waals surface area contributed by atoms with E-state index in [1.807, 2.05) is 35.7 Å². The highest BCUT2D eigenvalue weighted by molar-refractivity contribution is 7.12. The van der Waals surface area contributed by atoms with Gasteiger partial charge < -0.3 is 0 Å². The molecule has 0 amide bonds. The van der Waals surface area contributed by atoms with E-state index < -0.39 is 0 Å². The van der Waals surface area contributed by atoms with Crippen LogP contribution in [0.4, 0.5) is 0 Å². The molecular formula is C16H19NOS. The molecule has 0 bridgehead atoms. The molecular weight excluding hydrogens is 254 g/mol. The first kappa shape index (κ1) is 13.9. The molecule has 0 saturated carbocycles. The smallest absolute Gasteiger partial charge is 0.221 e. The maximum Gasteiger partial charge on any atom is 0.221 e. The fourth-order valence-corrected chi connectivity index (χ4v) is 2.79. The zero-order valence-electron chi connectivity index (χ0n) is 11.3. The Hall–Kier alpha value is -1.48. The molecule has 1 aromatic heterocycles. The molecule has 0 saturated heterocycles. The van der Waals surface area contributed by atoms with Gasteiger partial charge >= 0.3 is 0 Å². The van der Waals surface area contributed by atoms with Gasteiger partial charge in [0.25, 0.3) is 0 Å². The van der Waals surface area contributed by atoms with Gasteiger partial charge in [-0.1, -0.05) is 56.5 Å². The minimum atomic E-state index is 0.0328. The maximum absolute atomic E-state index is 12.2. The summed E-state index contributed by atoms with van der Waals surface area (Å²) in [4.78, 5) is 16.6. The Morgan fingerprint density at radius 2 is 1.95 bits per heavy atom. The molecule has 0 aliphatic rings. The van der Waals surface area contributed by atoms with Crippen molar-refractivity contribution in [1.82, 2.24) is 4.98 Å². The molecule has 3 heteroatoms. The van der Waals surface area contributed by atoms with Crippen LogP contribution in [0.3, 0.4) is 0 Å². The predicted octanol–water partition coefficient (Wildman–Crippen LogP) is 4.50. The van der Waals surface area contributed by atoms with Crippen LogP contribution in [0.2, 0.25) is 0 Å². The number of nitrogens with zero attached hydrogens (tertiary/aromatic N) is 1. The second kappa shape index (κ2) is 7.19. The van der Waals surface area contributed by atoms with Crippen LogP contribution in [0.1, 0.15) is 53.7 Å². The number of hydrogen-bond donors (Lipinski definition) is 0. The normalized spacial score (nSPS) is 10.6. The minimum Gasteiger partial charge on any atom is -0.286 e. The van der Waals surface area contributed by atoms with Gasteiger partial charge in [0.2, 0.25) is 5.78 Å². The van der Waals surface area contributed by atoms with E-state index in [9.17, 15) is 4.79 Å². The highest BCUT2D eigenvalue weighted by Crippen LogP contribution is 2.16. The lowest BCUT2D eigenvalue weighted by Gasteiger charge is -1.97. The molecule has 0 unspecified atom stereocenters. The van der Waals surface area contributed by atoms with Crippen LogP contribution < -0.4 is 0 Å². The van der Waals surface area contributed by atoms with E-state index >= 15 is 0 Å². The van der Waals surface area contributed by atoms with Gasteiger partial charge in [-0.3, -0.25) is 4.79 Å². The summed E-state index contributed by atoms with van der Waals surface area (Å²) in [5.41, 5.74) is 1.77. The number of carbonyl (C=O) groups is 1. The molecule has 0 atom stereocenters. The number of hydrogen-bond acceptors (Lipinski definition) is 3. The molecule has 0 spiro atoms. The first-order valence-electron chi connectivity index (χ1n) is 6.85. The molecule has 0 aliphatic heterocycles. The Morgan fingerprint density at radius 1 is 1.16 bits per heavy atom. The number of ketones is 1. The summed E-state index contributed by atoms with van der Waals surface area (Å²) in [6, 6.07) is 9.35. The molecule has 2 rings (SSSR count). The zero-order valence-corrected chi connectivity index (χ0v) is 12.1. The van der Waals surface area contributed by atoms with E-state index in [2.05, 4.69) is 11.9 Å². The van der Waals surface area contributed by atoms with Crippen LogP contribution in [0.25, 0.3) is 0 Å². The van der Waals surface area contributed by atoms with Crippen molar-refractivity contribution in [2.45, 2.75) is 39.0 Å². The predicted molar refractivity (Wildman–Crippen MR) is 79.8 cm³/mol. The molecule has 0 aliphatic carbocycles. The van der Waals surface area contributed by atoms with Gasteiger partial charge in [-0.25, -0.2) is 4.98 Å². The second-order valence-corrected chi connectivity index (χ2v) is 5.51. The monoisotopic (exact) mass is 273 g/mol. The fourth-order valence-electron chi connectivity index (χ4n) is 1.97. The van der Waals surface area contributed by atoms with Crippen molar-refractivity contribution in [3.63, 3.8) is 0 Å². The number of carbonyl (C=O) groups excluding carboxylic acids is 1. The quantitative estimate of drug-likeness (QED) is 0.549. The van der Waals surface area contributed by atoms with E-state index in [0.29, 0.717) is 5.01 Å². The van der Waals surface area contributed by atoms with Crippen LogP contribution in [-0.4, -0.2) is 10.8 Å². The van der Waals surface area contributed by atoms with E-state index in [0.717, 1.165) is 24.1 Å². The van der Waals surface area contributed by atoms with Crippen molar-refractivity contribution in [3.05, 3.63) is 52.0 Å². The Kier molecular flexibility index (Phi) is 5.28. The minimum absolute atomic E-state index is 0.0328. The third-order valence-electron chi connectivity index (χ3n) is 3.07. The molecule has 19 heavy (non-hydrogen) atoms. The fraction of sp³-hybridized carbons (Fsp3) is 0.375. The first-order chi connectivity index (χ1) is 9.31. The molecule has 1 aromatic carbocycles. The average molecular weight is 273 g/mol. The first-order valence-corrected chi connectivity index (χ1v) is 7.73. The van der Waals surface area contributed by atoms with Crippen LogP contribution in [0, 0.1) is 0 Å². The molecule has 100 valence electrons. The van der Waals surface area contributed by atoms with Gasteiger partial charge in [-0.15, -0.1) is 11.3 Å². The topological polar surface area (TPSA) is 30.0 Å². The summed E-state index contributed by atoms with van der Waals surface area (Å²) in [5, 5.41) is 2.62. The maximum atomic E-state index is 12.2. The number of thiazole rings is 1. The van der Waals surface area contributed by atoms with E-state index in [-0.39, 0.29) is 5.78 Å². The van der Waals surface area contributed by atoms with Crippen molar-refractivity contribution in [3.8, 4) is 0 Å². The summed E-state index contributed by atoms with van der Waals surface area (Å²) >= 11 is 1.46. The zero-order chi connectivity index (χ0) is 13.5. The van der Waals surface area contributed by atoms with Gasteiger partial charge in [0, 0.05) is 10.9 Å². The average Bonchev–Trinajstić information content (AvgIpc) is 2.92. The Labute approximate surface area is 118 Å². The number of rotatable bonds is 7. The second-order valence-electron chi connectivity index (χ2n) is 4.65. The largest absolute Gasteiger partial charge is 0.286 e. The lowest BCUT2D eigenvalue weighted by atomic mass is 10.1. The third-order valence-corrected chi connectivity index (χ3v) is 3.96. The van der Waals surface area contributed by atoms with Crippen molar-refractivity contribution in [2.24, 2.45) is 0 Å². The number of benzene rings is 1. The Bertz CT molecular complexity index is 519. The molecule has 1 heterocycles. The van der Waals surface area contributed by atoms with E-state index in [4.69, 9.17) is 0 Å². The molecule has 0 radical (unpaired) electrons. The highest BCUT2D eigenvalue weighted by atomic mass is 32.1. The van der Waals surface area contributed by atoms with Gasteiger partial charge in [-0.05, 0) is 12.8 Å². The van der Waals surface area contributed by atoms with E-state index in [1.54, 1.807) is 0 Å². The lowest BCUT2D eigenvalue weighted by Crippen LogP contribution is -2.00. The van der Waals surface area contributed by atoms with Crippen LogP contribution in [0.5, 0.6) is 0 Å². The van der Waals surface area contributed by atoms with Crippen molar-refractivity contribution < 1.29 is 4.79 Å². The molecule has 0 N–H and O–H groups in total. The van der Waals surface area contributed by atoms with Crippen molar-refractivity contribution in [1.29, 1.82) is 0 Å². The number of aryl methyl sites for hydroxylation is 1. The van der Waals surface area contributed by atoms with Crippen molar-refractivity contribution >= 4 is 17.1 Å². The third kappa shape index (κ3) is 4.00. The molecule has 2 nitrogen and oxygen atoms in total. The summed E-state index contributed by atoms with van der Waals surface area (Å²) < 4.78 is 0.